The molecule has 4 rings (SSSR count). The zero-order valence-corrected chi connectivity index (χ0v) is 14.2. The summed E-state index contributed by atoms with van der Waals surface area (Å²) in [5, 5.41) is 3.45. The van der Waals surface area contributed by atoms with Crippen LogP contribution in [-0.2, 0) is 0 Å². The first kappa shape index (κ1) is 14.9. The van der Waals surface area contributed by atoms with Crippen LogP contribution in [0.3, 0.4) is 0 Å². The highest BCUT2D eigenvalue weighted by atomic mass is 32.1. The van der Waals surface area contributed by atoms with Crippen LogP contribution >= 0.6 is 11.3 Å². The van der Waals surface area contributed by atoms with Gasteiger partial charge < -0.3 is 4.74 Å². The highest BCUT2D eigenvalue weighted by Crippen LogP contribution is 2.30. The molecule has 0 aliphatic rings. The first-order valence-electron chi connectivity index (χ1n) is 8.03. The SMILES string of the molecule is CCOc1ccccc1C=Cc1nc2c(ccc3ccccc32)s1. The monoisotopic (exact) mass is 331 g/mol. The van der Waals surface area contributed by atoms with E-state index in [-0.39, 0.29) is 0 Å². The van der Waals surface area contributed by atoms with Gasteiger partial charge in [-0.3, -0.25) is 0 Å². The van der Waals surface area contributed by atoms with Crippen LogP contribution in [0.25, 0.3) is 33.1 Å². The number of para-hydroxylation sites is 1. The molecule has 0 saturated carbocycles. The molecular formula is C21H17NOS. The number of aromatic nitrogens is 1. The second-order valence-electron chi connectivity index (χ2n) is 5.49. The Kier molecular flexibility index (Phi) is 4.01. The average molecular weight is 331 g/mol. The molecule has 0 spiro atoms. The molecule has 1 aromatic heterocycles. The zero-order chi connectivity index (χ0) is 16.4. The van der Waals surface area contributed by atoms with Crippen LogP contribution in [0.15, 0.2) is 60.7 Å². The molecule has 0 atom stereocenters. The molecule has 4 aromatic rings. The van der Waals surface area contributed by atoms with Crippen LogP contribution in [0.1, 0.15) is 17.5 Å². The smallest absolute Gasteiger partial charge is 0.126 e. The Hall–Kier alpha value is -2.65. The summed E-state index contributed by atoms with van der Waals surface area (Å²) in [6.45, 7) is 2.66. The van der Waals surface area contributed by atoms with Crippen molar-refractivity contribution in [3.8, 4) is 5.75 Å². The van der Waals surface area contributed by atoms with Gasteiger partial charge in [-0.2, -0.15) is 0 Å². The van der Waals surface area contributed by atoms with Crippen molar-refractivity contribution < 1.29 is 4.74 Å². The molecule has 0 radical (unpaired) electrons. The quantitative estimate of drug-likeness (QED) is 0.456. The van der Waals surface area contributed by atoms with E-state index in [0.717, 1.165) is 21.8 Å². The summed E-state index contributed by atoms with van der Waals surface area (Å²) in [5.74, 6) is 0.905. The van der Waals surface area contributed by atoms with Crippen molar-refractivity contribution in [3.05, 3.63) is 71.2 Å². The van der Waals surface area contributed by atoms with E-state index in [2.05, 4.69) is 54.6 Å². The van der Waals surface area contributed by atoms with E-state index in [1.807, 2.05) is 25.1 Å². The van der Waals surface area contributed by atoms with Crippen molar-refractivity contribution in [1.82, 2.24) is 4.98 Å². The minimum atomic E-state index is 0.665. The summed E-state index contributed by atoms with van der Waals surface area (Å²) >= 11 is 1.71. The van der Waals surface area contributed by atoms with Gasteiger partial charge in [-0.1, -0.05) is 48.5 Å². The lowest BCUT2D eigenvalue weighted by atomic mass is 10.1. The largest absolute Gasteiger partial charge is 0.493 e. The maximum absolute atomic E-state index is 5.67. The Balaban J connectivity index is 1.74. The molecule has 0 aliphatic heterocycles. The predicted octanol–water partition coefficient (Wildman–Crippen LogP) is 6.02. The van der Waals surface area contributed by atoms with Gasteiger partial charge in [0.05, 0.1) is 16.8 Å². The molecule has 1 heterocycles. The fourth-order valence-electron chi connectivity index (χ4n) is 2.82. The maximum Gasteiger partial charge on any atom is 0.126 e. The van der Waals surface area contributed by atoms with E-state index in [0.29, 0.717) is 6.61 Å². The van der Waals surface area contributed by atoms with Crippen LogP contribution in [-0.4, -0.2) is 11.6 Å². The highest BCUT2D eigenvalue weighted by molar-refractivity contribution is 7.19. The van der Waals surface area contributed by atoms with Crippen molar-refractivity contribution in [3.63, 3.8) is 0 Å². The Morgan fingerprint density at radius 1 is 0.958 bits per heavy atom. The topological polar surface area (TPSA) is 22.1 Å². The van der Waals surface area contributed by atoms with Crippen molar-refractivity contribution >= 4 is 44.5 Å². The molecule has 0 amide bonds. The van der Waals surface area contributed by atoms with Crippen molar-refractivity contribution in [2.45, 2.75) is 6.92 Å². The number of nitrogens with zero attached hydrogens (tertiary/aromatic N) is 1. The first-order chi connectivity index (χ1) is 11.8. The summed E-state index contributed by atoms with van der Waals surface area (Å²) < 4.78 is 6.89. The second-order valence-corrected chi connectivity index (χ2v) is 6.55. The third kappa shape index (κ3) is 2.79. The van der Waals surface area contributed by atoms with Crippen molar-refractivity contribution in [2.75, 3.05) is 6.61 Å². The molecule has 3 aromatic carbocycles. The summed E-state index contributed by atoms with van der Waals surface area (Å²) in [5.41, 5.74) is 2.15. The van der Waals surface area contributed by atoms with Crippen LogP contribution in [0, 0.1) is 0 Å². The van der Waals surface area contributed by atoms with Gasteiger partial charge in [-0.25, -0.2) is 4.98 Å². The van der Waals surface area contributed by atoms with Gasteiger partial charge in [0.2, 0.25) is 0 Å². The van der Waals surface area contributed by atoms with Crippen LogP contribution in [0.4, 0.5) is 0 Å². The standard InChI is InChI=1S/C21H17NOS/c1-2-23-18-10-6-4-8-16(18)12-14-20-22-21-17-9-5-3-7-15(17)11-13-19(21)24-20/h3-14H,2H2,1H3. The Labute approximate surface area is 145 Å². The predicted molar refractivity (Wildman–Crippen MR) is 104 cm³/mol. The highest BCUT2D eigenvalue weighted by Gasteiger charge is 2.06. The number of benzene rings is 3. The second kappa shape index (κ2) is 6.46. The third-order valence-corrected chi connectivity index (χ3v) is 4.91. The molecule has 24 heavy (non-hydrogen) atoms. The van der Waals surface area contributed by atoms with Gasteiger partial charge >= 0.3 is 0 Å². The summed E-state index contributed by atoms with van der Waals surface area (Å²) in [6, 6.07) is 20.8. The third-order valence-electron chi connectivity index (χ3n) is 3.92. The van der Waals surface area contributed by atoms with Gasteiger partial charge in [-0.05, 0) is 36.6 Å². The van der Waals surface area contributed by atoms with Crippen molar-refractivity contribution in [2.24, 2.45) is 0 Å². The number of ether oxygens (including phenoxy) is 1. The number of rotatable bonds is 4. The maximum atomic E-state index is 5.67. The first-order valence-corrected chi connectivity index (χ1v) is 8.85. The summed E-state index contributed by atoms with van der Waals surface area (Å²) in [7, 11) is 0. The molecule has 3 heteroatoms. The number of fused-ring (bicyclic) bond motifs is 3. The van der Waals surface area contributed by atoms with E-state index >= 15 is 0 Å². The van der Waals surface area contributed by atoms with E-state index in [1.54, 1.807) is 11.3 Å². The lowest BCUT2D eigenvalue weighted by molar-refractivity contribution is 0.339. The Morgan fingerprint density at radius 2 is 1.79 bits per heavy atom. The average Bonchev–Trinajstić information content (AvgIpc) is 3.05. The number of hydrogen-bond donors (Lipinski definition) is 0. The minimum absolute atomic E-state index is 0.665. The summed E-state index contributed by atoms with van der Waals surface area (Å²) in [6.07, 6.45) is 4.14. The van der Waals surface area contributed by atoms with E-state index < -0.39 is 0 Å². The number of thiazole rings is 1. The van der Waals surface area contributed by atoms with Gasteiger partial charge in [0, 0.05) is 10.9 Å². The fourth-order valence-corrected chi connectivity index (χ4v) is 3.70. The Morgan fingerprint density at radius 3 is 2.71 bits per heavy atom. The molecule has 0 aliphatic carbocycles. The van der Waals surface area contributed by atoms with Gasteiger partial charge in [0.15, 0.2) is 0 Å². The lowest BCUT2D eigenvalue weighted by Crippen LogP contribution is -1.92. The van der Waals surface area contributed by atoms with Gasteiger partial charge in [-0.15, -0.1) is 11.3 Å². The van der Waals surface area contributed by atoms with E-state index in [4.69, 9.17) is 9.72 Å². The molecule has 118 valence electrons. The van der Waals surface area contributed by atoms with E-state index in [1.165, 1.54) is 15.5 Å². The molecule has 0 bridgehead atoms. The normalized spacial score (nSPS) is 11.5. The molecule has 2 nitrogen and oxygen atoms in total. The summed E-state index contributed by atoms with van der Waals surface area (Å²) in [4.78, 5) is 4.82. The van der Waals surface area contributed by atoms with Crippen LogP contribution in [0.2, 0.25) is 0 Å². The van der Waals surface area contributed by atoms with Crippen LogP contribution in [0.5, 0.6) is 5.75 Å². The fraction of sp³-hybridized carbons (Fsp3) is 0.0952. The number of hydrogen-bond acceptors (Lipinski definition) is 3. The van der Waals surface area contributed by atoms with Crippen LogP contribution < -0.4 is 4.74 Å². The lowest BCUT2D eigenvalue weighted by Gasteiger charge is -2.05. The van der Waals surface area contributed by atoms with Crippen molar-refractivity contribution in [1.29, 1.82) is 0 Å². The molecule has 0 unspecified atom stereocenters. The molecular weight excluding hydrogens is 314 g/mol. The van der Waals surface area contributed by atoms with Gasteiger partial charge in [0.1, 0.15) is 10.8 Å². The Bertz CT molecular complexity index is 1030. The van der Waals surface area contributed by atoms with Gasteiger partial charge in [0.25, 0.3) is 0 Å². The zero-order valence-electron chi connectivity index (χ0n) is 13.4. The molecule has 0 saturated heterocycles. The molecule has 0 N–H and O–H groups in total. The minimum Gasteiger partial charge on any atom is -0.493 e. The molecule has 0 fully saturated rings. The van der Waals surface area contributed by atoms with E-state index in [9.17, 15) is 0 Å².